The van der Waals surface area contributed by atoms with Gasteiger partial charge >= 0.3 is 0 Å². The van der Waals surface area contributed by atoms with Crippen molar-refractivity contribution in [2.75, 3.05) is 44.0 Å². The molecule has 0 saturated carbocycles. The Morgan fingerprint density at radius 1 is 1.07 bits per heavy atom. The Labute approximate surface area is 177 Å². The zero-order valence-electron chi connectivity index (χ0n) is 16.7. The first-order valence-corrected chi connectivity index (χ1v) is 11.1. The molecule has 7 nitrogen and oxygen atoms in total. The van der Waals surface area contributed by atoms with Crippen molar-refractivity contribution in [1.82, 2.24) is 4.31 Å². The topological polar surface area (TPSA) is 79.9 Å². The molecule has 1 fully saturated rings. The van der Waals surface area contributed by atoms with Gasteiger partial charge in [-0.25, -0.2) is 8.42 Å². The third-order valence-corrected chi connectivity index (χ3v) is 6.93. The number of aryl methyl sites for hydroxylation is 2. The Morgan fingerprint density at radius 3 is 2.45 bits per heavy atom. The summed E-state index contributed by atoms with van der Waals surface area (Å²) >= 11 is 5.41. The molecule has 0 amide bonds. The molecule has 0 aromatic heterocycles. The molecule has 29 heavy (non-hydrogen) atoms. The predicted molar refractivity (Wildman–Crippen MR) is 118 cm³/mol. The second-order valence-electron chi connectivity index (χ2n) is 6.76. The molecule has 1 aliphatic rings. The summed E-state index contributed by atoms with van der Waals surface area (Å²) in [6, 6.07) is 10.8. The second-order valence-corrected chi connectivity index (χ2v) is 9.07. The minimum atomic E-state index is -3.73. The molecule has 0 bridgehead atoms. The fraction of sp³-hybridized carbons (Fsp3) is 0.350. The summed E-state index contributed by atoms with van der Waals surface area (Å²) in [5.41, 5.74) is 3.54. The minimum absolute atomic E-state index is 0.114. The average molecular weight is 436 g/mol. The van der Waals surface area contributed by atoms with E-state index in [9.17, 15) is 8.42 Å². The number of rotatable bonds is 5. The van der Waals surface area contributed by atoms with Crippen molar-refractivity contribution in [2.24, 2.45) is 0 Å². The monoisotopic (exact) mass is 435 g/mol. The molecule has 2 aromatic rings. The van der Waals surface area contributed by atoms with Crippen molar-refractivity contribution in [3.05, 3.63) is 47.5 Å². The zero-order chi connectivity index (χ0) is 21.0. The quantitative estimate of drug-likeness (QED) is 0.699. The number of sulfonamides is 1. The van der Waals surface area contributed by atoms with E-state index in [0.717, 1.165) is 11.3 Å². The minimum Gasteiger partial charge on any atom is -0.497 e. The van der Waals surface area contributed by atoms with Crippen LogP contribution in [0.25, 0.3) is 0 Å². The number of hydrogen-bond acceptors (Lipinski definition) is 5. The Hall–Kier alpha value is -2.20. The van der Waals surface area contributed by atoms with Gasteiger partial charge in [-0.2, -0.15) is 4.31 Å². The molecule has 1 saturated heterocycles. The summed E-state index contributed by atoms with van der Waals surface area (Å²) in [6.07, 6.45) is 0. The maximum absolute atomic E-state index is 13.2. The van der Waals surface area contributed by atoms with Gasteiger partial charge in [0.15, 0.2) is 5.11 Å². The number of morpholine rings is 1. The fourth-order valence-electron chi connectivity index (χ4n) is 2.98. The van der Waals surface area contributed by atoms with E-state index in [1.165, 1.54) is 23.0 Å². The van der Waals surface area contributed by atoms with Crippen LogP contribution in [0.15, 0.2) is 41.3 Å². The SMILES string of the molecule is COc1ccc(NC(=S)Nc2ccc(C)c(C)c2)c(S(=O)(=O)N2CCOCC2)c1. The largest absolute Gasteiger partial charge is 0.497 e. The van der Waals surface area contributed by atoms with Gasteiger partial charge < -0.3 is 20.1 Å². The Balaban J connectivity index is 1.86. The Kier molecular flexibility index (Phi) is 6.74. The lowest BCUT2D eigenvalue weighted by Crippen LogP contribution is -2.41. The van der Waals surface area contributed by atoms with Gasteiger partial charge in [-0.05, 0) is 61.5 Å². The predicted octanol–water partition coefficient (Wildman–Crippen LogP) is 3.14. The molecule has 0 atom stereocenters. The van der Waals surface area contributed by atoms with E-state index in [4.69, 9.17) is 21.7 Å². The summed E-state index contributed by atoms with van der Waals surface area (Å²) in [6.45, 7) is 5.43. The van der Waals surface area contributed by atoms with Crippen molar-refractivity contribution >= 4 is 38.7 Å². The summed E-state index contributed by atoms with van der Waals surface area (Å²) in [5.74, 6) is 0.454. The second kappa shape index (κ2) is 9.08. The van der Waals surface area contributed by atoms with E-state index in [0.29, 0.717) is 42.9 Å². The van der Waals surface area contributed by atoms with Crippen molar-refractivity contribution in [2.45, 2.75) is 18.7 Å². The lowest BCUT2D eigenvalue weighted by Gasteiger charge is -2.27. The fourth-order valence-corrected chi connectivity index (χ4v) is 4.77. The summed E-state index contributed by atoms with van der Waals surface area (Å²) in [5, 5.41) is 6.43. The Morgan fingerprint density at radius 2 is 1.79 bits per heavy atom. The summed E-state index contributed by atoms with van der Waals surface area (Å²) < 4.78 is 38.3. The van der Waals surface area contributed by atoms with Crippen LogP contribution >= 0.6 is 12.2 Å². The Bertz CT molecular complexity index is 1000. The lowest BCUT2D eigenvalue weighted by molar-refractivity contribution is 0.0730. The standard InChI is InChI=1S/C20H25N3O4S2/c1-14-4-5-16(12-15(14)2)21-20(28)22-18-7-6-17(26-3)13-19(18)29(24,25)23-8-10-27-11-9-23/h4-7,12-13H,8-11H2,1-3H3,(H2,21,22,28). The molecule has 3 rings (SSSR count). The highest BCUT2D eigenvalue weighted by atomic mass is 32.2. The normalized spacial score (nSPS) is 15.0. The number of nitrogens with one attached hydrogen (secondary N) is 2. The molecule has 0 unspecified atom stereocenters. The number of nitrogens with zero attached hydrogens (tertiary/aromatic N) is 1. The summed E-state index contributed by atoms with van der Waals surface area (Å²) in [7, 11) is -2.23. The van der Waals surface area contributed by atoms with Crippen LogP contribution in [-0.2, 0) is 14.8 Å². The van der Waals surface area contributed by atoms with Crippen LogP contribution < -0.4 is 15.4 Å². The van der Waals surface area contributed by atoms with Gasteiger partial charge in [0, 0.05) is 24.8 Å². The first-order valence-electron chi connectivity index (χ1n) is 9.22. The molecular weight excluding hydrogens is 410 g/mol. The molecule has 156 valence electrons. The smallest absolute Gasteiger partial charge is 0.245 e. The number of thiocarbonyl (C=S) groups is 1. The number of hydrogen-bond donors (Lipinski definition) is 2. The highest BCUT2D eigenvalue weighted by Crippen LogP contribution is 2.29. The van der Waals surface area contributed by atoms with Crippen molar-refractivity contribution in [3.63, 3.8) is 0 Å². The molecule has 0 radical (unpaired) electrons. The number of ether oxygens (including phenoxy) is 2. The van der Waals surface area contributed by atoms with Gasteiger partial charge in [0.05, 0.1) is 26.0 Å². The van der Waals surface area contributed by atoms with Gasteiger partial charge in [0.1, 0.15) is 10.6 Å². The van der Waals surface area contributed by atoms with Crippen LogP contribution in [0.4, 0.5) is 11.4 Å². The third-order valence-electron chi connectivity index (χ3n) is 4.79. The van der Waals surface area contributed by atoms with Crippen LogP contribution in [0.5, 0.6) is 5.75 Å². The van der Waals surface area contributed by atoms with E-state index in [2.05, 4.69) is 10.6 Å². The van der Waals surface area contributed by atoms with Crippen LogP contribution in [0.2, 0.25) is 0 Å². The van der Waals surface area contributed by atoms with Crippen LogP contribution in [0.1, 0.15) is 11.1 Å². The van der Waals surface area contributed by atoms with Crippen molar-refractivity contribution in [3.8, 4) is 5.75 Å². The first-order chi connectivity index (χ1) is 13.8. The van der Waals surface area contributed by atoms with Gasteiger partial charge in [-0.3, -0.25) is 0 Å². The van der Waals surface area contributed by atoms with E-state index < -0.39 is 10.0 Å². The maximum Gasteiger partial charge on any atom is 0.245 e. The van der Waals surface area contributed by atoms with Crippen LogP contribution in [0.3, 0.4) is 0 Å². The highest BCUT2D eigenvalue weighted by molar-refractivity contribution is 7.89. The molecule has 9 heteroatoms. The third kappa shape index (κ3) is 5.05. The van der Waals surface area contributed by atoms with Crippen LogP contribution in [-0.4, -0.2) is 51.2 Å². The molecule has 0 spiro atoms. The van der Waals surface area contributed by atoms with Crippen LogP contribution in [0, 0.1) is 13.8 Å². The van der Waals surface area contributed by atoms with Crippen molar-refractivity contribution < 1.29 is 17.9 Å². The van der Waals surface area contributed by atoms with Gasteiger partial charge in [0.2, 0.25) is 10.0 Å². The average Bonchev–Trinajstić information content (AvgIpc) is 2.71. The van der Waals surface area contributed by atoms with E-state index in [1.54, 1.807) is 12.1 Å². The molecular formula is C20H25N3O4S2. The lowest BCUT2D eigenvalue weighted by atomic mass is 10.1. The molecule has 2 aromatic carbocycles. The van der Waals surface area contributed by atoms with E-state index in [1.807, 2.05) is 32.0 Å². The van der Waals surface area contributed by atoms with Gasteiger partial charge in [-0.15, -0.1) is 0 Å². The van der Waals surface area contributed by atoms with Gasteiger partial charge in [-0.1, -0.05) is 6.07 Å². The van der Waals surface area contributed by atoms with Gasteiger partial charge in [0.25, 0.3) is 0 Å². The zero-order valence-corrected chi connectivity index (χ0v) is 18.3. The summed E-state index contributed by atoms with van der Waals surface area (Å²) in [4.78, 5) is 0.114. The van der Waals surface area contributed by atoms with E-state index >= 15 is 0 Å². The van der Waals surface area contributed by atoms with Crippen molar-refractivity contribution in [1.29, 1.82) is 0 Å². The van der Waals surface area contributed by atoms with E-state index in [-0.39, 0.29) is 4.90 Å². The first kappa shape index (κ1) is 21.5. The number of benzene rings is 2. The molecule has 1 heterocycles. The molecule has 2 N–H and O–H groups in total. The number of methoxy groups -OCH3 is 1. The number of anilines is 2. The highest BCUT2D eigenvalue weighted by Gasteiger charge is 2.29. The maximum atomic E-state index is 13.2. The molecule has 0 aliphatic carbocycles. The molecule has 1 aliphatic heterocycles.